The SMILES string of the molecule is Cc1ccc(NC(=O)NCC(C)CCO)c(Cl)c1. The lowest BCUT2D eigenvalue weighted by molar-refractivity contribution is 0.243. The molecule has 0 heterocycles. The molecule has 0 bridgehead atoms. The van der Waals surface area contributed by atoms with Gasteiger partial charge in [0.1, 0.15) is 0 Å². The topological polar surface area (TPSA) is 61.4 Å². The molecule has 0 saturated heterocycles. The number of aliphatic hydroxyl groups excluding tert-OH is 1. The highest BCUT2D eigenvalue weighted by atomic mass is 35.5. The Morgan fingerprint density at radius 3 is 2.83 bits per heavy atom. The van der Waals surface area contributed by atoms with Gasteiger partial charge in [0.2, 0.25) is 0 Å². The number of urea groups is 1. The van der Waals surface area contributed by atoms with E-state index in [0.29, 0.717) is 23.7 Å². The van der Waals surface area contributed by atoms with Gasteiger partial charge < -0.3 is 15.7 Å². The first kappa shape index (κ1) is 14.8. The molecule has 1 unspecified atom stereocenters. The molecule has 0 aliphatic rings. The number of carbonyl (C=O) groups excluding carboxylic acids is 1. The van der Waals surface area contributed by atoms with E-state index in [1.807, 2.05) is 19.9 Å². The number of nitrogens with one attached hydrogen (secondary N) is 2. The van der Waals surface area contributed by atoms with Crippen LogP contribution >= 0.6 is 11.6 Å². The van der Waals surface area contributed by atoms with Crippen molar-refractivity contribution in [2.45, 2.75) is 20.3 Å². The van der Waals surface area contributed by atoms with Gasteiger partial charge in [0.15, 0.2) is 0 Å². The molecule has 0 spiro atoms. The summed E-state index contributed by atoms with van der Waals surface area (Å²) < 4.78 is 0. The number of aryl methyl sites for hydroxylation is 1. The number of carbonyl (C=O) groups is 1. The lowest BCUT2D eigenvalue weighted by Crippen LogP contribution is -2.32. The number of hydrogen-bond donors (Lipinski definition) is 3. The predicted octanol–water partition coefficient (Wildman–Crippen LogP) is 2.79. The molecule has 0 fully saturated rings. The largest absolute Gasteiger partial charge is 0.396 e. The second-order valence-corrected chi connectivity index (χ2v) is 4.84. The first-order valence-corrected chi connectivity index (χ1v) is 6.32. The van der Waals surface area contributed by atoms with Crippen LogP contribution < -0.4 is 10.6 Å². The Hall–Kier alpha value is -1.26. The molecule has 0 aromatic heterocycles. The van der Waals surface area contributed by atoms with E-state index in [4.69, 9.17) is 16.7 Å². The van der Waals surface area contributed by atoms with Crippen molar-refractivity contribution < 1.29 is 9.90 Å². The fourth-order valence-electron chi connectivity index (χ4n) is 1.48. The molecule has 0 radical (unpaired) electrons. The molecule has 0 aliphatic heterocycles. The Morgan fingerprint density at radius 1 is 1.50 bits per heavy atom. The molecule has 3 N–H and O–H groups in total. The first-order chi connectivity index (χ1) is 8.52. The van der Waals surface area contributed by atoms with Crippen molar-refractivity contribution in [1.29, 1.82) is 0 Å². The monoisotopic (exact) mass is 270 g/mol. The number of amides is 2. The summed E-state index contributed by atoms with van der Waals surface area (Å²) in [5.74, 6) is 0.245. The van der Waals surface area contributed by atoms with E-state index >= 15 is 0 Å². The molecule has 1 atom stereocenters. The summed E-state index contributed by atoms with van der Waals surface area (Å²) in [4.78, 5) is 11.6. The lowest BCUT2D eigenvalue weighted by atomic mass is 10.1. The van der Waals surface area contributed by atoms with Crippen LogP contribution in [-0.4, -0.2) is 24.3 Å². The summed E-state index contributed by atoms with van der Waals surface area (Å²) >= 11 is 6.01. The van der Waals surface area contributed by atoms with E-state index in [9.17, 15) is 4.79 Å². The van der Waals surface area contributed by atoms with Crippen molar-refractivity contribution in [1.82, 2.24) is 5.32 Å². The summed E-state index contributed by atoms with van der Waals surface area (Å²) in [5.41, 5.74) is 1.64. The van der Waals surface area contributed by atoms with Crippen LogP contribution in [0.4, 0.5) is 10.5 Å². The highest BCUT2D eigenvalue weighted by Gasteiger charge is 2.07. The van der Waals surface area contributed by atoms with Gasteiger partial charge in [0.25, 0.3) is 0 Å². The summed E-state index contributed by atoms with van der Waals surface area (Å²) in [6.07, 6.45) is 0.672. The van der Waals surface area contributed by atoms with Gasteiger partial charge in [-0.15, -0.1) is 0 Å². The number of benzene rings is 1. The highest BCUT2D eigenvalue weighted by molar-refractivity contribution is 6.33. The minimum absolute atomic E-state index is 0.133. The minimum Gasteiger partial charge on any atom is -0.396 e. The van der Waals surface area contributed by atoms with E-state index in [1.165, 1.54) is 0 Å². The molecular weight excluding hydrogens is 252 g/mol. The summed E-state index contributed by atoms with van der Waals surface area (Å²) in [6, 6.07) is 5.17. The zero-order valence-electron chi connectivity index (χ0n) is 10.7. The van der Waals surface area contributed by atoms with E-state index in [2.05, 4.69) is 10.6 Å². The number of rotatable bonds is 5. The number of halogens is 1. The van der Waals surface area contributed by atoms with Crippen molar-refractivity contribution in [3.05, 3.63) is 28.8 Å². The number of hydrogen-bond acceptors (Lipinski definition) is 2. The molecule has 5 heteroatoms. The van der Waals surface area contributed by atoms with Crippen LogP contribution in [0.2, 0.25) is 5.02 Å². The van der Waals surface area contributed by atoms with Crippen LogP contribution in [0.5, 0.6) is 0 Å². The van der Waals surface area contributed by atoms with Crippen LogP contribution in [0.15, 0.2) is 18.2 Å². The molecule has 18 heavy (non-hydrogen) atoms. The van der Waals surface area contributed by atoms with Gasteiger partial charge in [-0.2, -0.15) is 0 Å². The van der Waals surface area contributed by atoms with E-state index in [1.54, 1.807) is 12.1 Å². The fraction of sp³-hybridized carbons (Fsp3) is 0.462. The van der Waals surface area contributed by atoms with Crippen LogP contribution in [0.25, 0.3) is 0 Å². The van der Waals surface area contributed by atoms with Crippen molar-refractivity contribution >= 4 is 23.3 Å². The molecule has 1 rings (SSSR count). The Kier molecular flexibility index (Phi) is 5.95. The van der Waals surface area contributed by atoms with Gasteiger partial charge in [-0.1, -0.05) is 24.6 Å². The second-order valence-electron chi connectivity index (χ2n) is 4.44. The Balaban J connectivity index is 2.44. The van der Waals surface area contributed by atoms with Crippen LogP contribution in [0, 0.1) is 12.8 Å². The van der Waals surface area contributed by atoms with Gasteiger partial charge in [-0.25, -0.2) is 4.79 Å². The van der Waals surface area contributed by atoms with Crippen molar-refractivity contribution in [3.8, 4) is 0 Å². The normalized spacial score (nSPS) is 12.0. The number of anilines is 1. The summed E-state index contributed by atoms with van der Waals surface area (Å²) in [7, 11) is 0. The van der Waals surface area contributed by atoms with E-state index in [-0.39, 0.29) is 18.6 Å². The Bertz CT molecular complexity index is 410. The fourth-order valence-corrected chi connectivity index (χ4v) is 1.76. The molecule has 1 aromatic carbocycles. The van der Waals surface area contributed by atoms with Gasteiger partial charge in [0.05, 0.1) is 10.7 Å². The molecule has 4 nitrogen and oxygen atoms in total. The van der Waals surface area contributed by atoms with E-state index in [0.717, 1.165) is 5.56 Å². The smallest absolute Gasteiger partial charge is 0.319 e. The zero-order chi connectivity index (χ0) is 13.5. The van der Waals surface area contributed by atoms with Crippen LogP contribution in [0.3, 0.4) is 0 Å². The van der Waals surface area contributed by atoms with Gasteiger partial charge in [0, 0.05) is 13.2 Å². The molecular formula is C13H19ClN2O2. The van der Waals surface area contributed by atoms with Crippen molar-refractivity contribution in [2.24, 2.45) is 5.92 Å². The van der Waals surface area contributed by atoms with Crippen LogP contribution in [0.1, 0.15) is 18.9 Å². The maximum absolute atomic E-state index is 11.6. The average molecular weight is 271 g/mol. The lowest BCUT2D eigenvalue weighted by Gasteiger charge is -2.12. The van der Waals surface area contributed by atoms with Crippen LogP contribution in [-0.2, 0) is 0 Å². The van der Waals surface area contributed by atoms with Gasteiger partial charge in [-0.05, 0) is 37.0 Å². The number of aliphatic hydroxyl groups is 1. The standard InChI is InChI=1S/C13H19ClN2O2/c1-9-3-4-12(11(14)7-9)16-13(18)15-8-10(2)5-6-17/h3-4,7,10,17H,5-6,8H2,1-2H3,(H2,15,16,18). The predicted molar refractivity (Wildman–Crippen MR) is 74.1 cm³/mol. The maximum Gasteiger partial charge on any atom is 0.319 e. The zero-order valence-corrected chi connectivity index (χ0v) is 11.4. The van der Waals surface area contributed by atoms with Gasteiger partial charge >= 0.3 is 6.03 Å². The molecule has 2 amide bonds. The highest BCUT2D eigenvalue weighted by Crippen LogP contribution is 2.22. The van der Waals surface area contributed by atoms with Gasteiger partial charge in [-0.3, -0.25) is 0 Å². The van der Waals surface area contributed by atoms with Crippen molar-refractivity contribution in [2.75, 3.05) is 18.5 Å². The third-order valence-electron chi connectivity index (χ3n) is 2.61. The summed E-state index contributed by atoms with van der Waals surface area (Å²) in [5, 5.41) is 14.7. The summed E-state index contributed by atoms with van der Waals surface area (Å²) in [6.45, 7) is 4.56. The molecule has 0 aliphatic carbocycles. The first-order valence-electron chi connectivity index (χ1n) is 5.94. The van der Waals surface area contributed by atoms with E-state index < -0.39 is 0 Å². The minimum atomic E-state index is -0.287. The average Bonchev–Trinajstić information content (AvgIpc) is 2.31. The third kappa shape index (κ3) is 4.94. The third-order valence-corrected chi connectivity index (χ3v) is 2.92. The second kappa shape index (κ2) is 7.24. The quantitative estimate of drug-likeness (QED) is 0.770. The maximum atomic E-state index is 11.6. The molecule has 0 saturated carbocycles. The van der Waals surface area contributed by atoms with Crippen molar-refractivity contribution in [3.63, 3.8) is 0 Å². The molecule has 100 valence electrons. The Morgan fingerprint density at radius 2 is 2.22 bits per heavy atom. The molecule has 1 aromatic rings. The Labute approximate surface area is 112 Å².